The van der Waals surface area contributed by atoms with Crippen molar-refractivity contribution in [2.24, 2.45) is 0 Å². The third-order valence-electron chi connectivity index (χ3n) is 5.05. The standard InChI is InChI=1S/C22H20F3N5O2/c1-14-10-17(19(29-11-14)20-26-7-3-8-27-20)21(31)30-9-2-4-16(13-30)32-18-6-5-15(12-28-18)22(23,24)25/h3,5-8,10-12,16H,2,4,9,13H2,1H3. The highest BCUT2D eigenvalue weighted by molar-refractivity contribution is 5.99. The molecule has 32 heavy (non-hydrogen) atoms. The number of rotatable bonds is 4. The van der Waals surface area contributed by atoms with Gasteiger partial charge < -0.3 is 9.64 Å². The second-order valence-corrected chi connectivity index (χ2v) is 7.50. The summed E-state index contributed by atoms with van der Waals surface area (Å²) in [7, 11) is 0. The number of amides is 1. The largest absolute Gasteiger partial charge is 0.472 e. The molecule has 0 aromatic carbocycles. The molecule has 0 aliphatic carbocycles. The Labute approximate surface area is 182 Å². The van der Waals surface area contributed by atoms with Gasteiger partial charge in [-0.3, -0.25) is 9.78 Å². The zero-order chi connectivity index (χ0) is 22.7. The van der Waals surface area contributed by atoms with E-state index in [1.54, 1.807) is 35.6 Å². The first kappa shape index (κ1) is 21.7. The molecule has 1 amide bonds. The summed E-state index contributed by atoms with van der Waals surface area (Å²) in [6.07, 6.45) is 2.07. The van der Waals surface area contributed by atoms with Gasteiger partial charge in [0.25, 0.3) is 5.91 Å². The maximum absolute atomic E-state index is 13.3. The molecule has 0 radical (unpaired) electrons. The van der Waals surface area contributed by atoms with Crippen LogP contribution in [0.2, 0.25) is 0 Å². The van der Waals surface area contributed by atoms with Crippen LogP contribution in [0.5, 0.6) is 5.88 Å². The van der Waals surface area contributed by atoms with Crippen molar-refractivity contribution in [3.8, 4) is 17.4 Å². The number of pyridine rings is 2. The maximum Gasteiger partial charge on any atom is 0.417 e. The van der Waals surface area contributed by atoms with Gasteiger partial charge >= 0.3 is 6.18 Å². The highest BCUT2D eigenvalue weighted by Gasteiger charge is 2.31. The molecule has 1 aliphatic rings. The molecule has 0 N–H and O–H groups in total. The number of aryl methyl sites for hydroxylation is 1. The van der Waals surface area contributed by atoms with Crippen LogP contribution in [0.25, 0.3) is 11.5 Å². The number of aromatic nitrogens is 4. The molecule has 3 aromatic heterocycles. The van der Waals surface area contributed by atoms with E-state index in [4.69, 9.17) is 4.74 Å². The highest BCUT2D eigenvalue weighted by atomic mass is 19.4. The van der Waals surface area contributed by atoms with Gasteiger partial charge in [-0.05, 0) is 43.5 Å². The Bertz CT molecular complexity index is 1090. The van der Waals surface area contributed by atoms with Gasteiger partial charge in [-0.25, -0.2) is 15.0 Å². The summed E-state index contributed by atoms with van der Waals surface area (Å²) in [4.78, 5) is 31.5. The average Bonchev–Trinajstić information content (AvgIpc) is 2.79. The summed E-state index contributed by atoms with van der Waals surface area (Å²) in [5, 5.41) is 0. The van der Waals surface area contributed by atoms with Gasteiger partial charge in [0.15, 0.2) is 5.82 Å². The van der Waals surface area contributed by atoms with E-state index in [9.17, 15) is 18.0 Å². The van der Waals surface area contributed by atoms with Crippen LogP contribution < -0.4 is 4.74 Å². The van der Waals surface area contributed by atoms with Crippen molar-refractivity contribution in [3.63, 3.8) is 0 Å². The Kier molecular flexibility index (Phi) is 6.02. The van der Waals surface area contributed by atoms with Crippen molar-refractivity contribution < 1.29 is 22.7 Å². The van der Waals surface area contributed by atoms with E-state index in [-0.39, 0.29) is 24.4 Å². The van der Waals surface area contributed by atoms with Gasteiger partial charge in [-0.1, -0.05) is 0 Å². The van der Waals surface area contributed by atoms with Gasteiger partial charge in [0.1, 0.15) is 11.8 Å². The van der Waals surface area contributed by atoms with Crippen LogP contribution in [-0.2, 0) is 6.18 Å². The number of hydrogen-bond acceptors (Lipinski definition) is 6. The minimum Gasteiger partial charge on any atom is -0.472 e. The Morgan fingerprint density at radius 3 is 2.59 bits per heavy atom. The molecule has 1 atom stereocenters. The minimum atomic E-state index is -4.46. The molecular formula is C22H20F3N5O2. The topological polar surface area (TPSA) is 81.1 Å². The second kappa shape index (κ2) is 8.89. The molecular weight excluding hydrogens is 423 g/mol. The molecule has 1 aliphatic heterocycles. The van der Waals surface area contributed by atoms with Crippen molar-refractivity contribution in [2.45, 2.75) is 32.0 Å². The fraction of sp³-hybridized carbons (Fsp3) is 0.318. The number of halogens is 3. The number of piperidine rings is 1. The van der Waals surface area contributed by atoms with Crippen LogP contribution >= 0.6 is 0 Å². The predicted molar refractivity (Wildman–Crippen MR) is 109 cm³/mol. The molecule has 1 unspecified atom stereocenters. The normalized spacial score (nSPS) is 16.6. The zero-order valence-electron chi connectivity index (χ0n) is 17.2. The molecule has 1 fully saturated rings. The third-order valence-corrected chi connectivity index (χ3v) is 5.05. The molecule has 7 nitrogen and oxygen atoms in total. The Morgan fingerprint density at radius 1 is 1.12 bits per heavy atom. The van der Waals surface area contributed by atoms with Crippen molar-refractivity contribution in [3.05, 3.63) is 65.7 Å². The second-order valence-electron chi connectivity index (χ2n) is 7.50. The first-order valence-corrected chi connectivity index (χ1v) is 10.0. The summed E-state index contributed by atoms with van der Waals surface area (Å²) in [5.74, 6) is 0.222. The first-order valence-electron chi connectivity index (χ1n) is 10.0. The van der Waals surface area contributed by atoms with Crippen LogP contribution in [0.15, 0.2) is 49.1 Å². The molecule has 4 heterocycles. The summed E-state index contributed by atoms with van der Waals surface area (Å²) in [5.41, 5.74) is 0.776. The number of carbonyl (C=O) groups excluding carboxylic acids is 1. The lowest BCUT2D eigenvalue weighted by Crippen LogP contribution is -2.44. The number of alkyl halides is 3. The number of hydrogen-bond donors (Lipinski definition) is 0. The van der Waals surface area contributed by atoms with E-state index >= 15 is 0 Å². The molecule has 10 heteroatoms. The van der Waals surface area contributed by atoms with E-state index in [2.05, 4.69) is 19.9 Å². The lowest BCUT2D eigenvalue weighted by molar-refractivity contribution is -0.137. The monoisotopic (exact) mass is 443 g/mol. The molecule has 0 saturated carbocycles. The van der Waals surface area contributed by atoms with Gasteiger partial charge in [0, 0.05) is 37.4 Å². The predicted octanol–water partition coefficient (Wildman–Crippen LogP) is 3.94. The third kappa shape index (κ3) is 4.84. The van der Waals surface area contributed by atoms with Crippen molar-refractivity contribution in [1.82, 2.24) is 24.8 Å². The van der Waals surface area contributed by atoms with Gasteiger partial charge in [0.05, 0.1) is 17.7 Å². The van der Waals surface area contributed by atoms with Crippen molar-refractivity contribution >= 4 is 5.91 Å². The highest BCUT2D eigenvalue weighted by Crippen LogP contribution is 2.30. The quantitative estimate of drug-likeness (QED) is 0.608. The molecule has 0 spiro atoms. The average molecular weight is 443 g/mol. The molecule has 3 aromatic rings. The number of likely N-dealkylation sites (tertiary alicyclic amines) is 1. The van der Waals surface area contributed by atoms with Gasteiger partial charge in [-0.2, -0.15) is 13.2 Å². The molecule has 166 valence electrons. The van der Waals surface area contributed by atoms with Gasteiger partial charge in [0.2, 0.25) is 5.88 Å². The summed E-state index contributed by atoms with van der Waals surface area (Å²) >= 11 is 0. The van der Waals surface area contributed by atoms with Crippen molar-refractivity contribution in [2.75, 3.05) is 13.1 Å². The van der Waals surface area contributed by atoms with E-state index in [1.165, 1.54) is 6.07 Å². The smallest absolute Gasteiger partial charge is 0.417 e. The number of carbonyl (C=O) groups is 1. The van der Waals surface area contributed by atoms with Gasteiger partial charge in [-0.15, -0.1) is 0 Å². The van der Waals surface area contributed by atoms with Crippen LogP contribution in [0.1, 0.15) is 34.3 Å². The Hall–Kier alpha value is -3.56. The zero-order valence-corrected chi connectivity index (χ0v) is 17.2. The minimum absolute atomic E-state index is 0.0906. The maximum atomic E-state index is 13.3. The Balaban J connectivity index is 1.50. The molecule has 1 saturated heterocycles. The van der Waals surface area contributed by atoms with Crippen LogP contribution in [0, 0.1) is 6.92 Å². The fourth-order valence-electron chi connectivity index (χ4n) is 3.51. The van der Waals surface area contributed by atoms with Crippen molar-refractivity contribution in [1.29, 1.82) is 0 Å². The van der Waals surface area contributed by atoms with E-state index in [0.717, 1.165) is 17.8 Å². The molecule has 0 bridgehead atoms. The lowest BCUT2D eigenvalue weighted by atomic mass is 10.0. The summed E-state index contributed by atoms with van der Waals surface area (Å²) < 4.78 is 43.9. The first-order chi connectivity index (χ1) is 15.3. The van der Waals surface area contributed by atoms with E-state index in [1.807, 2.05) is 6.92 Å². The molecule has 4 rings (SSSR count). The SMILES string of the molecule is Cc1cnc(-c2ncccn2)c(C(=O)N2CCCC(Oc3ccc(C(F)(F)F)cn3)C2)c1. The number of ether oxygens (including phenoxy) is 1. The fourth-order valence-corrected chi connectivity index (χ4v) is 3.51. The van der Waals surface area contributed by atoms with Crippen LogP contribution in [0.3, 0.4) is 0 Å². The number of nitrogens with zero attached hydrogens (tertiary/aromatic N) is 5. The van der Waals surface area contributed by atoms with E-state index in [0.29, 0.717) is 36.5 Å². The summed E-state index contributed by atoms with van der Waals surface area (Å²) in [6, 6.07) is 5.56. The Morgan fingerprint density at radius 2 is 1.91 bits per heavy atom. The van der Waals surface area contributed by atoms with Crippen LogP contribution in [0.4, 0.5) is 13.2 Å². The summed E-state index contributed by atoms with van der Waals surface area (Å²) in [6.45, 7) is 2.66. The van der Waals surface area contributed by atoms with E-state index < -0.39 is 11.7 Å². The van der Waals surface area contributed by atoms with Crippen LogP contribution in [-0.4, -0.2) is 49.9 Å². The lowest BCUT2D eigenvalue weighted by Gasteiger charge is -2.33.